The molecular formula is C89H178O26. The lowest BCUT2D eigenvalue weighted by Crippen LogP contribution is -2.45. The van der Waals surface area contributed by atoms with Gasteiger partial charge < -0.3 is 124 Å². The minimum atomic E-state index is -0.474. The summed E-state index contributed by atoms with van der Waals surface area (Å²) < 4.78 is 156. The molecule has 1 aliphatic rings. The average Bonchev–Trinajstić information content (AvgIpc) is 1.43. The first-order valence-electron chi connectivity index (χ1n) is 43.4. The Hall–Kier alpha value is -1.04. The van der Waals surface area contributed by atoms with Crippen LogP contribution in [0.1, 0.15) is 173 Å². The van der Waals surface area contributed by atoms with Crippen LogP contribution in [-0.4, -0.2) is 348 Å². The largest absolute Gasteiger partial charge is 0.396 e. The first kappa shape index (κ1) is 112. The van der Waals surface area contributed by atoms with Gasteiger partial charge in [0, 0.05) is 157 Å². The molecule has 26 nitrogen and oxygen atoms in total. The van der Waals surface area contributed by atoms with Crippen molar-refractivity contribution in [1.82, 2.24) is 0 Å². The molecule has 0 bridgehead atoms. The van der Waals surface area contributed by atoms with Gasteiger partial charge in [-0.15, -0.1) is 0 Å². The fourth-order valence-electron chi connectivity index (χ4n) is 15.4. The smallest absolute Gasteiger partial charge is 0.0809 e. The Bertz CT molecular complexity index is 2260. The molecule has 0 aromatic rings. The molecule has 690 valence electrons. The SMILES string of the molecule is CCC(CO)(COC)COCC(CC)(COC)COCC(CC)(COC)COCC(CC)(COC)COCC(CC)(COC)COCC(CC)(COC)COCC(CC)(COC)COCC(CC)(COC)COCC(CC)(COC)COCC(CC)(COC)COCC(CC)(COC)COCC(CC)(COC)COCC1CCCO1. The topological polar surface area (TPSA) is 251 Å². The van der Waals surface area contributed by atoms with Crippen LogP contribution in [0.15, 0.2) is 0 Å². The van der Waals surface area contributed by atoms with Crippen LogP contribution in [0.2, 0.25) is 0 Å². The third kappa shape index (κ3) is 39.4. The number of rotatable bonds is 85. The molecule has 1 saturated heterocycles. The van der Waals surface area contributed by atoms with Gasteiger partial charge >= 0.3 is 0 Å². The van der Waals surface area contributed by atoms with Crippen LogP contribution in [0, 0.1) is 65.0 Å². The highest BCUT2D eigenvalue weighted by Gasteiger charge is 2.44. The van der Waals surface area contributed by atoms with E-state index in [4.69, 9.17) is 118 Å². The molecule has 13 atom stereocenters. The Morgan fingerprint density at radius 3 is 0.443 bits per heavy atom. The summed E-state index contributed by atoms with van der Waals surface area (Å²) in [6.07, 6.45) is 11.5. The van der Waals surface area contributed by atoms with Gasteiger partial charge in [0.2, 0.25) is 0 Å². The molecular weight excluding hydrogens is 1480 g/mol. The van der Waals surface area contributed by atoms with Crippen molar-refractivity contribution in [2.75, 3.05) is 336 Å². The van der Waals surface area contributed by atoms with Gasteiger partial charge in [0.15, 0.2) is 0 Å². The fraction of sp³-hybridized carbons (Fsp3) is 1.00. The highest BCUT2D eigenvalue weighted by Crippen LogP contribution is 2.38. The van der Waals surface area contributed by atoms with Gasteiger partial charge in [-0.25, -0.2) is 0 Å². The number of hydrogen-bond acceptors (Lipinski definition) is 26. The third-order valence-electron chi connectivity index (χ3n) is 25.5. The standard InChI is InChI=1S/C89H178O26/c1-25-78(41-90,42-91-13)54-104-57-80(27-3,44-93-15)58-106-61-82(29-5,46-95-17)62-108-65-84(31-7,48-97-19)66-110-69-86(33-9,50-99-21)70-112-73-88(35-11,52-101-23)74-114-76-89(36-12,53-102-24)75-113-72-87(34-10,51-100-22)71-111-68-85(32-8,49-98-20)67-109-64-83(30-6,47-96-18)63-107-60-81(28-4,45-94-16)59-105-56-79(26-2,43-92-14)55-103-40-77-38-37-39-115-77/h77,90H,25-76H2,1-24H3. The number of aliphatic hydroxyl groups is 1. The van der Waals surface area contributed by atoms with Gasteiger partial charge in [-0.1, -0.05) is 83.1 Å². The van der Waals surface area contributed by atoms with Crippen LogP contribution in [0.3, 0.4) is 0 Å². The monoisotopic (exact) mass is 1660 g/mol. The minimum absolute atomic E-state index is 0.0250. The Morgan fingerprint density at radius 1 is 0.200 bits per heavy atom. The van der Waals surface area contributed by atoms with E-state index in [-0.39, 0.29) is 23.5 Å². The molecule has 0 radical (unpaired) electrons. The molecule has 1 aliphatic heterocycles. The molecule has 1 rings (SSSR count). The van der Waals surface area contributed by atoms with Gasteiger partial charge in [-0.2, -0.15) is 0 Å². The highest BCUT2D eigenvalue weighted by atomic mass is 16.6. The van der Waals surface area contributed by atoms with E-state index in [1.54, 1.807) is 85.3 Å². The maximum absolute atomic E-state index is 10.3. The minimum Gasteiger partial charge on any atom is -0.396 e. The Morgan fingerprint density at radius 2 is 0.330 bits per heavy atom. The van der Waals surface area contributed by atoms with E-state index in [1.807, 2.05) is 6.92 Å². The molecule has 13 unspecified atom stereocenters. The molecule has 1 heterocycles. The Balaban J connectivity index is 3.20. The molecule has 0 aliphatic carbocycles. The predicted molar refractivity (Wildman–Crippen MR) is 451 cm³/mol. The summed E-state index contributed by atoms with van der Waals surface area (Å²) in [5.74, 6) is 0. The molecule has 1 fully saturated rings. The summed E-state index contributed by atoms with van der Waals surface area (Å²) in [7, 11) is 20.7. The van der Waals surface area contributed by atoms with Gasteiger partial charge in [-0.05, 0) is 89.9 Å². The first-order valence-corrected chi connectivity index (χ1v) is 43.4. The summed E-state index contributed by atoms with van der Waals surface area (Å²) in [4.78, 5) is 0. The molecule has 115 heavy (non-hydrogen) atoms. The van der Waals surface area contributed by atoms with Gasteiger partial charge in [0.1, 0.15) is 0 Å². The average molecular weight is 1660 g/mol. The molecule has 0 aromatic heterocycles. The van der Waals surface area contributed by atoms with Crippen LogP contribution in [0.4, 0.5) is 0 Å². The van der Waals surface area contributed by atoms with E-state index < -0.39 is 54.1 Å². The summed E-state index contributed by atoms with van der Waals surface area (Å²) >= 11 is 0. The first-order chi connectivity index (χ1) is 55.4. The lowest BCUT2D eigenvalue weighted by Gasteiger charge is -2.39. The summed E-state index contributed by atoms with van der Waals surface area (Å²) in [5.41, 5.74) is -5.11. The summed E-state index contributed by atoms with van der Waals surface area (Å²) in [6.45, 7) is 42.2. The molecule has 1 N–H and O–H groups in total. The molecule has 0 amide bonds. The van der Waals surface area contributed by atoms with Crippen molar-refractivity contribution >= 4 is 0 Å². The van der Waals surface area contributed by atoms with Gasteiger partial charge in [0.25, 0.3) is 0 Å². The molecule has 0 saturated carbocycles. The zero-order chi connectivity index (χ0) is 86.0. The highest BCUT2D eigenvalue weighted by molar-refractivity contribution is 4.90. The van der Waals surface area contributed by atoms with Crippen molar-refractivity contribution in [3.8, 4) is 0 Å². The lowest BCUT2D eigenvalue weighted by molar-refractivity contribution is -0.141. The van der Waals surface area contributed by atoms with E-state index in [1.165, 1.54) is 0 Å². The number of ether oxygens (including phenoxy) is 25. The van der Waals surface area contributed by atoms with Crippen LogP contribution in [-0.2, 0) is 118 Å². The lowest BCUT2D eigenvalue weighted by atomic mass is 9.85. The zero-order valence-corrected chi connectivity index (χ0v) is 78.0. The second-order valence-corrected chi connectivity index (χ2v) is 35.2. The van der Waals surface area contributed by atoms with Gasteiger partial charge in [0.05, 0.1) is 251 Å². The number of aliphatic hydroxyl groups excluding tert-OH is 1. The zero-order valence-electron chi connectivity index (χ0n) is 78.0. The van der Waals surface area contributed by atoms with E-state index in [9.17, 15) is 5.11 Å². The maximum atomic E-state index is 10.3. The fourth-order valence-corrected chi connectivity index (χ4v) is 15.4. The van der Waals surface area contributed by atoms with Crippen molar-refractivity contribution < 1.29 is 124 Å². The molecule has 0 aromatic carbocycles. The number of methoxy groups -OCH3 is 12. The van der Waals surface area contributed by atoms with E-state index in [2.05, 4.69) is 76.2 Å². The molecule has 0 spiro atoms. The predicted octanol–water partition coefficient (Wildman–Crippen LogP) is 12.9. The summed E-state index contributed by atoms with van der Waals surface area (Å²) in [6, 6.07) is 0. The van der Waals surface area contributed by atoms with Crippen LogP contribution in [0.5, 0.6) is 0 Å². The van der Waals surface area contributed by atoms with Crippen LogP contribution in [0.25, 0.3) is 0 Å². The maximum Gasteiger partial charge on any atom is 0.0809 e. The second-order valence-electron chi connectivity index (χ2n) is 35.2. The van der Waals surface area contributed by atoms with Gasteiger partial charge in [-0.3, -0.25) is 0 Å². The quantitative estimate of drug-likeness (QED) is 0.0594. The van der Waals surface area contributed by atoms with Crippen molar-refractivity contribution in [2.45, 2.75) is 179 Å². The third-order valence-corrected chi connectivity index (χ3v) is 25.5. The molecule has 26 heteroatoms. The second kappa shape index (κ2) is 62.1. The van der Waals surface area contributed by atoms with Crippen molar-refractivity contribution in [1.29, 1.82) is 0 Å². The van der Waals surface area contributed by atoms with E-state index in [0.717, 1.165) is 96.5 Å². The van der Waals surface area contributed by atoms with E-state index in [0.29, 0.717) is 238 Å². The van der Waals surface area contributed by atoms with Crippen molar-refractivity contribution in [2.24, 2.45) is 65.0 Å². The Kier molecular flexibility index (Phi) is 60.5. The van der Waals surface area contributed by atoms with Crippen molar-refractivity contribution in [3.63, 3.8) is 0 Å². The van der Waals surface area contributed by atoms with E-state index >= 15 is 0 Å². The normalized spacial score (nSPS) is 20.1. The van der Waals surface area contributed by atoms with Crippen LogP contribution >= 0.6 is 0 Å². The van der Waals surface area contributed by atoms with Crippen LogP contribution < -0.4 is 0 Å². The number of hydrogen-bond donors (Lipinski definition) is 1. The van der Waals surface area contributed by atoms with Crippen molar-refractivity contribution in [3.05, 3.63) is 0 Å². The Labute approximate surface area is 700 Å². The summed E-state index contributed by atoms with van der Waals surface area (Å²) in [5, 5.41) is 10.3.